The van der Waals surface area contributed by atoms with E-state index in [1.165, 1.54) is 96.3 Å². The summed E-state index contributed by atoms with van der Waals surface area (Å²) in [5.74, 6) is -0.698. The molecule has 0 heterocycles. The highest BCUT2D eigenvalue weighted by Gasteiger charge is 2.06. The van der Waals surface area contributed by atoms with Crippen LogP contribution in [0.1, 0.15) is 122 Å². The van der Waals surface area contributed by atoms with Crippen LogP contribution in [0, 0.1) is 0 Å². The maximum Gasteiger partial charge on any atom is 0.368 e. The van der Waals surface area contributed by atoms with Gasteiger partial charge in [-0.15, -0.1) is 0 Å². The smallest absolute Gasteiger partial charge is 0.296 e. The van der Waals surface area contributed by atoms with Crippen molar-refractivity contribution in [2.24, 2.45) is 0 Å². The van der Waals surface area contributed by atoms with Crippen molar-refractivity contribution in [1.82, 2.24) is 0 Å². The number of rotatable bonds is 19. The lowest BCUT2D eigenvalue weighted by Gasteiger charge is -2.04. The van der Waals surface area contributed by atoms with Crippen LogP contribution in [-0.4, -0.2) is 11.2 Å². The van der Waals surface area contributed by atoms with Gasteiger partial charge in [0.15, 0.2) is 0 Å². The van der Waals surface area contributed by atoms with Crippen molar-refractivity contribution in [3.63, 3.8) is 0 Å². The van der Waals surface area contributed by atoms with Gasteiger partial charge in [-0.1, -0.05) is 116 Å². The molecule has 0 rings (SSSR count). The molecule has 0 saturated carbocycles. The van der Waals surface area contributed by atoms with Gasteiger partial charge in [0.2, 0.25) is 0 Å². The van der Waals surface area contributed by atoms with Crippen LogP contribution in [0.25, 0.3) is 0 Å². The molecular weight excluding hydrogens is 312 g/mol. The number of carbonyl (C=O) groups is 1. The summed E-state index contributed by atoms with van der Waals surface area (Å²) < 4.78 is 0. The summed E-state index contributed by atoms with van der Waals surface area (Å²) in [6.07, 6.45) is 23.5. The molecule has 1 N–H and O–H groups in total. The molecule has 0 fully saturated rings. The number of carbonyl (C=O) groups excluding carboxylic acids is 1. The van der Waals surface area contributed by atoms with Gasteiger partial charge < -0.3 is 0 Å². The largest absolute Gasteiger partial charge is 0.368 e. The number of unbranched alkanes of at least 4 members (excludes halogenated alkanes) is 16. The van der Waals surface area contributed by atoms with Crippen molar-refractivity contribution in [3.8, 4) is 0 Å². The van der Waals surface area contributed by atoms with E-state index in [1.54, 1.807) is 0 Å². The highest BCUT2D eigenvalue weighted by atomic mass is 17.1. The molecule has 0 aliphatic carbocycles. The lowest BCUT2D eigenvalue weighted by molar-refractivity contribution is -0.229. The van der Waals surface area contributed by atoms with Crippen molar-refractivity contribution in [1.29, 1.82) is 0 Å². The lowest BCUT2D eigenvalue weighted by atomic mass is 10.0. The van der Waals surface area contributed by atoms with Gasteiger partial charge in [0.05, 0.1) is 0 Å². The zero-order valence-corrected chi connectivity index (χ0v) is 16.7. The molecule has 3 nitrogen and oxygen atoms in total. The lowest BCUT2D eigenvalue weighted by Crippen LogP contribution is -2.03. The van der Waals surface area contributed by atoms with Gasteiger partial charge in [-0.2, -0.15) is 5.26 Å². The molecule has 0 amide bonds. The van der Waals surface area contributed by atoms with E-state index in [-0.39, 0.29) is 0 Å². The first-order valence-corrected chi connectivity index (χ1v) is 10.8. The predicted octanol–water partition coefficient (Wildman–Crippen LogP) is 7.60. The van der Waals surface area contributed by atoms with E-state index >= 15 is 0 Å². The Morgan fingerprint density at radius 1 is 0.680 bits per heavy atom. The Balaban J connectivity index is 3.10. The first-order valence-electron chi connectivity index (χ1n) is 10.8. The minimum Gasteiger partial charge on any atom is -0.296 e. The molecule has 3 heteroatoms. The zero-order chi connectivity index (χ0) is 18.6. The Hall–Kier alpha value is -0.830. The minimum atomic E-state index is -0.698. The molecule has 0 spiro atoms. The normalized spacial score (nSPS) is 10.8. The fourth-order valence-corrected chi connectivity index (χ4v) is 3.23. The minimum absolute atomic E-state index is 0.364. The Bertz CT molecular complexity index is 312. The monoisotopic (exact) mass is 354 g/mol. The molecule has 0 aromatic carbocycles. The molecule has 0 atom stereocenters. The quantitative estimate of drug-likeness (QED) is 0.112. The summed E-state index contributed by atoms with van der Waals surface area (Å²) in [4.78, 5) is 14.6. The van der Waals surface area contributed by atoms with Crippen LogP contribution in [0.3, 0.4) is 0 Å². The summed E-state index contributed by atoms with van der Waals surface area (Å²) in [6, 6.07) is 0. The van der Waals surface area contributed by atoms with Crippen LogP contribution in [0.2, 0.25) is 0 Å². The third-order valence-electron chi connectivity index (χ3n) is 4.95. The van der Waals surface area contributed by atoms with Gasteiger partial charge in [0, 0.05) is 5.57 Å². The molecule has 148 valence electrons. The van der Waals surface area contributed by atoms with E-state index in [0.717, 1.165) is 12.8 Å². The van der Waals surface area contributed by atoms with E-state index in [2.05, 4.69) is 18.4 Å². The summed E-state index contributed by atoms with van der Waals surface area (Å²) in [6.45, 7) is 5.88. The van der Waals surface area contributed by atoms with E-state index < -0.39 is 5.97 Å². The summed E-state index contributed by atoms with van der Waals surface area (Å²) in [7, 11) is 0. The van der Waals surface area contributed by atoms with E-state index in [4.69, 9.17) is 5.26 Å². The first kappa shape index (κ1) is 24.2. The van der Waals surface area contributed by atoms with E-state index in [1.807, 2.05) is 0 Å². The fraction of sp³-hybridized carbons (Fsp3) is 0.864. The summed E-state index contributed by atoms with van der Waals surface area (Å²) in [5, 5.41) is 8.24. The summed E-state index contributed by atoms with van der Waals surface area (Å²) >= 11 is 0. The van der Waals surface area contributed by atoms with Crippen LogP contribution in [0.5, 0.6) is 0 Å². The number of hydrogen-bond acceptors (Lipinski definition) is 3. The van der Waals surface area contributed by atoms with Crippen molar-refractivity contribution in [3.05, 3.63) is 12.2 Å². The van der Waals surface area contributed by atoms with Gasteiger partial charge in [-0.3, -0.25) is 4.89 Å². The van der Waals surface area contributed by atoms with Crippen molar-refractivity contribution in [2.75, 3.05) is 0 Å². The van der Waals surface area contributed by atoms with Crippen molar-refractivity contribution < 1.29 is 14.9 Å². The second-order valence-electron chi connectivity index (χ2n) is 7.39. The maximum absolute atomic E-state index is 10.9. The molecule has 0 aromatic heterocycles. The van der Waals surface area contributed by atoms with Crippen molar-refractivity contribution >= 4 is 5.97 Å². The van der Waals surface area contributed by atoms with Gasteiger partial charge in [-0.05, 0) is 12.8 Å². The molecule has 0 unspecified atom stereocenters. The van der Waals surface area contributed by atoms with Crippen LogP contribution >= 0.6 is 0 Å². The van der Waals surface area contributed by atoms with Gasteiger partial charge >= 0.3 is 5.97 Å². The second-order valence-corrected chi connectivity index (χ2v) is 7.39. The molecular formula is C22H42O3. The first-order chi connectivity index (χ1) is 12.2. The van der Waals surface area contributed by atoms with Crippen LogP contribution in [0.4, 0.5) is 0 Å². The standard InChI is InChI=1S/C22H42O3/c1-3-4-5-6-7-8-9-10-11-12-13-14-15-16-17-18-19-20-21(2)22(23)25-24/h24H,2-20H2,1H3. The topological polar surface area (TPSA) is 46.5 Å². The highest BCUT2D eigenvalue weighted by Crippen LogP contribution is 2.15. The second kappa shape index (κ2) is 19.5. The zero-order valence-electron chi connectivity index (χ0n) is 16.7. The highest BCUT2D eigenvalue weighted by molar-refractivity contribution is 5.87. The van der Waals surface area contributed by atoms with Gasteiger partial charge in [-0.25, -0.2) is 4.79 Å². The fourth-order valence-electron chi connectivity index (χ4n) is 3.23. The average molecular weight is 355 g/mol. The molecule has 0 bridgehead atoms. The Morgan fingerprint density at radius 3 is 1.32 bits per heavy atom. The molecule has 25 heavy (non-hydrogen) atoms. The SMILES string of the molecule is C=C(CCCCCCCCCCCCCCCCCCC)C(=O)OO. The molecule has 0 radical (unpaired) electrons. The third kappa shape index (κ3) is 17.8. The molecule has 0 aliphatic rings. The summed E-state index contributed by atoms with van der Waals surface area (Å²) in [5.41, 5.74) is 0.364. The molecule has 0 saturated heterocycles. The third-order valence-corrected chi connectivity index (χ3v) is 4.95. The van der Waals surface area contributed by atoms with Gasteiger partial charge in [0.25, 0.3) is 0 Å². The van der Waals surface area contributed by atoms with E-state index in [9.17, 15) is 4.79 Å². The number of hydrogen-bond donors (Lipinski definition) is 1. The molecule has 0 aromatic rings. The van der Waals surface area contributed by atoms with Crippen LogP contribution < -0.4 is 0 Å². The van der Waals surface area contributed by atoms with E-state index in [0.29, 0.717) is 12.0 Å². The Kier molecular flexibility index (Phi) is 18.8. The average Bonchev–Trinajstić information content (AvgIpc) is 2.63. The van der Waals surface area contributed by atoms with Crippen LogP contribution in [0.15, 0.2) is 12.2 Å². The Morgan fingerprint density at radius 2 is 1.00 bits per heavy atom. The van der Waals surface area contributed by atoms with Crippen LogP contribution in [-0.2, 0) is 9.68 Å². The van der Waals surface area contributed by atoms with Gasteiger partial charge in [0.1, 0.15) is 0 Å². The van der Waals surface area contributed by atoms with Crippen molar-refractivity contribution in [2.45, 2.75) is 122 Å². The predicted molar refractivity (Wildman–Crippen MR) is 107 cm³/mol. The molecule has 0 aliphatic heterocycles. The maximum atomic E-state index is 10.9. The Labute approximate surface area is 156 Å².